The van der Waals surface area contributed by atoms with Gasteiger partial charge in [-0.1, -0.05) is 19.0 Å². The molecule has 0 heterocycles. The molecular weight excluding hydrogens is 394 g/mol. The molecule has 29 heavy (non-hydrogen) atoms. The highest BCUT2D eigenvalue weighted by Gasteiger charge is 2.64. The molecule has 3 saturated carbocycles. The van der Waals surface area contributed by atoms with Gasteiger partial charge in [-0.05, 0) is 66.0 Å². The van der Waals surface area contributed by atoms with E-state index in [2.05, 4.69) is 16.9 Å². The zero-order valence-electron chi connectivity index (χ0n) is 17.0. The first-order chi connectivity index (χ1) is 13.5. The topological polar surface area (TPSA) is 126 Å². The highest BCUT2D eigenvalue weighted by molar-refractivity contribution is 7.86. The van der Waals surface area contributed by atoms with Crippen LogP contribution in [-0.2, 0) is 23.9 Å². The molecule has 4 aliphatic carbocycles. The van der Waals surface area contributed by atoms with Crippen molar-refractivity contribution >= 4 is 21.7 Å². The van der Waals surface area contributed by atoms with Crippen LogP contribution in [0.5, 0.6) is 0 Å². The Balaban J connectivity index is 1.91. The molecule has 0 amide bonds. The van der Waals surface area contributed by atoms with Crippen molar-refractivity contribution in [3.63, 3.8) is 0 Å². The number of nitrogens with zero attached hydrogens (tertiary/aromatic N) is 3. The molecule has 0 aromatic rings. The van der Waals surface area contributed by atoms with E-state index in [0.717, 1.165) is 19.1 Å². The molecule has 0 radical (unpaired) electrons. The van der Waals surface area contributed by atoms with Gasteiger partial charge in [-0.15, -0.1) is 0 Å². The van der Waals surface area contributed by atoms with Gasteiger partial charge in [0.2, 0.25) is 0 Å². The average molecular weight is 422 g/mol. The maximum absolute atomic E-state index is 12.7. The fourth-order valence-corrected chi connectivity index (χ4v) is 7.46. The maximum atomic E-state index is 12.7. The smallest absolute Gasteiger partial charge is 0.264 e. The molecule has 0 spiro atoms. The average Bonchev–Trinajstić information content (AvgIpc) is 2.93. The van der Waals surface area contributed by atoms with E-state index < -0.39 is 27.7 Å². The number of hydrogen-bond acceptors (Lipinski definition) is 6. The lowest BCUT2D eigenvalue weighted by Crippen LogP contribution is -2.60. The first-order valence-corrected chi connectivity index (χ1v) is 12.0. The molecule has 0 saturated heterocycles. The van der Waals surface area contributed by atoms with Crippen LogP contribution >= 0.6 is 0 Å². The Morgan fingerprint density at radius 3 is 2.48 bits per heavy atom. The van der Waals surface area contributed by atoms with Gasteiger partial charge in [-0.2, -0.15) is 8.42 Å². The summed E-state index contributed by atoms with van der Waals surface area (Å²) in [5.41, 5.74) is 9.06. The standard InChI is InChI=1S/C20H27N3O5S/c1-19-8-6-11(24)10-14(19)17(22-23-21)18(28-29(3,26)27)16-12-4-5-15(25)20(12,2)9-7-13(16)19/h10,12-13,16-18H,4-9H2,1-3H3/t12-,13-,16-,17-,18-,19+,20-/m0/s1. The molecule has 4 rings (SSSR count). The predicted molar refractivity (Wildman–Crippen MR) is 105 cm³/mol. The van der Waals surface area contributed by atoms with Gasteiger partial charge in [0.25, 0.3) is 10.1 Å². The lowest BCUT2D eigenvalue weighted by atomic mass is 9.46. The summed E-state index contributed by atoms with van der Waals surface area (Å²) in [5, 5.41) is 3.95. The molecule has 0 N–H and O–H groups in total. The third-order valence-corrected chi connectivity index (χ3v) is 8.77. The van der Waals surface area contributed by atoms with Gasteiger partial charge in [-0.3, -0.25) is 13.8 Å². The summed E-state index contributed by atoms with van der Waals surface area (Å²) in [6.45, 7) is 4.08. The van der Waals surface area contributed by atoms with Crippen LogP contribution in [0, 0.1) is 28.6 Å². The molecule has 0 aromatic heterocycles. The van der Waals surface area contributed by atoms with Crippen molar-refractivity contribution in [3.8, 4) is 0 Å². The van der Waals surface area contributed by atoms with Crippen molar-refractivity contribution in [1.82, 2.24) is 0 Å². The summed E-state index contributed by atoms with van der Waals surface area (Å²) in [6.07, 6.45) is 5.40. The number of Topliss-reactive ketones (excluding diaryl/α,β-unsaturated/α-hetero) is 1. The zero-order chi connectivity index (χ0) is 21.2. The molecule has 0 bridgehead atoms. The van der Waals surface area contributed by atoms with E-state index in [1.165, 1.54) is 0 Å². The van der Waals surface area contributed by atoms with Crippen LogP contribution in [0.25, 0.3) is 10.4 Å². The van der Waals surface area contributed by atoms with E-state index in [1.807, 2.05) is 6.92 Å². The zero-order valence-corrected chi connectivity index (χ0v) is 17.8. The van der Waals surface area contributed by atoms with Gasteiger partial charge < -0.3 is 0 Å². The van der Waals surface area contributed by atoms with Crippen LogP contribution < -0.4 is 0 Å². The number of fused-ring (bicyclic) bond motifs is 5. The summed E-state index contributed by atoms with van der Waals surface area (Å²) in [4.78, 5) is 27.9. The molecule has 7 atom stereocenters. The Morgan fingerprint density at radius 1 is 1.14 bits per heavy atom. The normalized spacial score (nSPS) is 44.2. The fraction of sp³-hybridized carbons (Fsp3) is 0.800. The van der Waals surface area contributed by atoms with Crippen LogP contribution in [0.1, 0.15) is 52.4 Å². The van der Waals surface area contributed by atoms with Crippen LogP contribution in [0.2, 0.25) is 0 Å². The van der Waals surface area contributed by atoms with Gasteiger partial charge in [-0.25, -0.2) is 0 Å². The predicted octanol–water partition coefficient (Wildman–Crippen LogP) is 3.33. The summed E-state index contributed by atoms with van der Waals surface area (Å²) in [6, 6.07) is -0.872. The van der Waals surface area contributed by atoms with E-state index in [4.69, 9.17) is 4.18 Å². The Labute approximate surface area is 170 Å². The quantitative estimate of drug-likeness (QED) is 0.299. The molecule has 0 aromatic carbocycles. The van der Waals surface area contributed by atoms with E-state index in [9.17, 15) is 23.5 Å². The summed E-state index contributed by atoms with van der Waals surface area (Å²) in [7, 11) is -3.84. The van der Waals surface area contributed by atoms with Gasteiger partial charge >= 0.3 is 0 Å². The van der Waals surface area contributed by atoms with Crippen LogP contribution in [0.3, 0.4) is 0 Å². The van der Waals surface area contributed by atoms with E-state index in [1.54, 1.807) is 6.08 Å². The number of rotatable bonds is 3. The third-order valence-electron chi connectivity index (χ3n) is 8.20. The fourth-order valence-electron chi connectivity index (χ4n) is 6.82. The number of ketones is 2. The highest BCUT2D eigenvalue weighted by Crippen LogP contribution is 2.65. The van der Waals surface area contributed by atoms with E-state index in [0.29, 0.717) is 31.3 Å². The Morgan fingerprint density at radius 2 is 1.83 bits per heavy atom. The number of azide groups is 1. The van der Waals surface area contributed by atoms with Crippen molar-refractivity contribution in [2.24, 2.45) is 33.7 Å². The first kappa shape index (κ1) is 20.6. The van der Waals surface area contributed by atoms with Crippen LogP contribution in [-0.4, -0.2) is 38.4 Å². The van der Waals surface area contributed by atoms with Crippen molar-refractivity contribution in [2.75, 3.05) is 6.26 Å². The second kappa shape index (κ2) is 6.65. The molecule has 8 nitrogen and oxygen atoms in total. The van der Waals surface area contributed by atoms with Gasteiger partial charge in [0.05, 0.1) is 18.4 Å². The summed E-state index contributed by atoms with van der Waals surface area (Å²) >= 11 is 0. The SMILES string of the molecule is C[C@]12CCC(=O)C=C1[C@H](N=[N+]=[N-])[C@@H](OS(C)(=O)=O)[C@@H]1[C@@H]2CC[C@]2(C)C(=O)CC[C@@H]12. The van der Waals surface area contributed by atoms with Crippen LogP contribution in [0.4, 0.5) is 0 Å². The second-order valence-electron chi connectivity index (χ2n) is 9.61. The molecule has 3 fully saturated rings. The van der Waals surface area contributed by atoms with Gasteiger partial charge in [0, 0.05) is 23.2 Å². The lowest BCUT2D eigenvalue weighted by molar-refractivity contribution is -0.138. The molecular formula is C20H27N3O5S. The Kier molecular flexibility index (Phi) is 4.72. The number of hydrogen-bond donors (Lipinski definition) is 0. The Hall–Kier alpha value is -1.70. The van der Waals surface area contributed by atoms with Crippen molar-refractivity contribution in [2.45, 2.75) is 64.5 Å². The number of carbonyl (C=O) groups excluding carboxylic acids is 2. The highest BCUT2D eigenvalue weighted by atomic mass is 32.2. The molecule has 9 heteroatoms. The molecule has 0 aliphatic heterocycles. The monoisotopic (exact) mass is 421 g/mol. The number of carbonyl (C=O) groups is 2. The lowest BCUT2D eigenvalue weighted by Gasteiger charge is -2.60. The molecule has 158 valence electrons. The molecule has 4 aliphatic rings. The van der Waals surface area contributed by atoms with Gasteiger partial charge in [0.15, 0.2) is 5.78 Å². The second-order valence-corrected chi connectivity index (χ2v) is 11.2. The third kappa shape index (κ3) is 3.05. The first-order valence-electron chi connectivity index (χ1n) is 10.2. The molecule has 0 unspecified atom stereocenters. The van der Waals surface area contributed by atoms with Crippen molar-refractivity contribution in [1.29, 1.82) is 0 Å². The Bertz CT molecular complexity index is 953. The van der Waals surface area contributed by atoms with Gasteiger partial charge in [0.1, 0.15) is 5.78 Å². The minimum atomic E-state index is -3.84. The summed E-state index contributed by atoms with van der Waals surface area (Å²) < 4.78 is 29.9. The van der Waals surface area contributed by atoms with E-state index in [-0.39, 0.29) is 34.7 Å². The van der Waals surface area contributed by atoms with Crippen molar-refractivity contribution in [3.05, 3.63) is 22.1 Å². The van der Waals surface area contributed by atoms with Crippen LogP contribution in [0.15, 0.2) is 16.8 Å². The minimum absolute atomic E-state index is 0.0205. The van der Waals surface area contributed by atoms with E-state index >= 15 is 0 Å². The largest absolute Gasteiger partial charge is 0.299 e. The maximum Gasteiger partial charge on any atom is 0.264 e. The van der Waals surface area contributed by atoms with Crippen molar-refractivity contribution < 1.29 is 22.2 Å². The minimum Gasteiger partial charge on any atom is -0.299 e. The summed E-state index contributed by atoms with van der Waals surface area (Å²) in [5.74, 6) is 0.0185.